The molecule has 0 saturated carbocycles. The van der Waals surface area contributed by atoms with Gasteiger partial charge in [0.15, 0.2) is 5.78 Å². The Hall–Kier alpha value is -0.900. The first-order valence-corrected chi connectivity index (χ1v) is 5.12. The van der Waals surface area contributed by atoms with Crippen LogP contribution in [-0.2, 0) is 0 Å². The lowest BCUT2D eigenvalue weighted by molar-refractivity contribution is 0.0327. The third-order valence-corrected chi connectivity index (χ3v) is 2.50. The molecule has 0 aliphatic rings. The van der Waals surface area contributed by atoms with E-state index in [4.69, 9.17) is 11.6 Å². The van der Waals surface area contributed by atoms with Gasteiger partial charge in [-0.2, -0.15) is 0 Å². The van der Waals surface area contributed by atoms with E-state index in [2.05, 4.69) is 0 Å². The van der Waals surface area contributed by atoms with Crippen molar-refractivity contribution in [2.75, 3.05) is 5.88 Å². The molecule has 82 valence electrons. The van der Waals surface area contributed by atoms with Crippen LogP contribution in [0.3, 0.4) is 0 Å². The summed E-state index contributed by atoms with van der Waals surface area (Å²) >= 11 is 5.41. The van der Waals surface area contributed by atoms with E-state index in [1.807, 2.05) is 0 Å². The lowest BCUT2D eigenvalue weighted by Gasteiger charge is -2.15. The van der Waals surface area contributed by atoms with Crippen molar-refractivity contribution in [3.05, 3.63) is 35.4 Å². The van der Waals surface area contributed by atoms with E-state index >= 15 is 0 Å². The third kappa shape index (κ3) is 3.02. The van der Waals surface area contributed by atoms with Gasteiger partial charge in [-0.15, -0.1) is 11.6 Å². The van der Waals surface area contributed by atoms with Gasteiger partial charge in [0, 0.05) is 5.56 Å². The van der Waals surface area contributed by atoms with E-state index < -0.39 is 12.2 Å². The van der Waals surface area contributed by atoms with Crippen molar-refractivity contribution in [1.82, 2.24) is 0 Å². The minimum atomic E-state index is -1.01. The summed E-state index contributed by atoms with van der Waals surface area (Å²) in [6.07, 6.45) is -2.00. The standard InChI is InChI=1S/C11H13ClO3/c1-7(13)8-2-4-9(5-3-8)11(15)10(14)6-12/h2-5,10-11,14-15H,6H2,1H3. The molecule has 0 aromatic heterocycles. The number of halogens is 1. The Labute approximate surface area is 93.3 Å². The molecule has 4 heteroatoms. The van der Waals surface area contributed by atoms with Crippen LogP contribution in [0.2, 0.25) is 0 Å². The predicted molar refractivity (Wildman–Crippen MR) is 58.1 cm³/mol. The van der Waals surface area contributed by atoms with Gasteiger partial charge in [0.2, 0.25) is 0 Å². The van der Waals surface area contributed by atoms with Gasteiger partial charge in [0.25, 0.3) is 0 Å². The third-order valence-electron chi connectivity index (χ3n) is 2.18. The van der Waals surface area contributed by atoms with Gasteiger partial charge in [0.1, 0.15) is 6.10 Å². The number of carbonyl (C=O) groups excluding carboxylic acids is 1. The van der Waals surface area contributed by atoms with Crippen molar-refractivity contribution in [3.63, 3.8) is 0 Å². The highest BCUT2D eigenvalue weighted by molar-refractivity contribution is 6.18. The summed E-state index contributed by atoms with van der Waals surface area (Å²) in [6, 6.07) is 6.44. The van der Waals surface area contributed by atoms with Gasteiger partial charge < -0.3 is 10.2 Å². The Bertz CT molecular complexity index is 334. The first-order valence-electron chi connectivity index (χ1n) is 4.59. The van der Waals surface area contributed by atoms with Crippen molar-refractivity contribution >= 4 is 17.4 Å². The van der Waals surface area contributed by atoms with Crippen molar-refractivity contribution in [2.24, 2.45) is 0 Å². The summed E-state index contributed by atoms with van der Waals surface area (Å²) in [5.74, 6) is -0.0655. The maximum absolute atomic E-state index is 11.0. The SMILES string of the molecule is CC(=O)c1ccc(C(O)C(O)CCl)cc1. The fourth-order valence-corrected chi connectivity index (χ4v) is 1.39. The lowest BCUT2D eigenvalue weighted by atomic mass is 10.0. The Morgan fingerprint density at radius 1 is 1.33 bits per heavy atom. The lowest BCUT2D eigenvalue weighted by Crippen LogP contribution is -2.19. The highest BCUT2D eigenvalue weighted by atomic mass is 35.5. The van der Waals surface area contributed by atoms with Gasteiger partial charge in [-0.25, -0.2) is 0 Å². The Morgan fingerprint density at radius 2 is 1.87 bits per heavy atom. The molecule has 0 bridgehead atoms. The molecule has 15 heavy (non-hydrogen) atoms. The van der Waals surface area contributed by atoms with Crippen LogP contribution in [0.25, 0.3) is 0 Å². The maximum atomic E-state index is 11.0. The van der Waals surface area contributed by atoms with Crippen LogP contribution in [0.15, 0.2) is 24.3 Å². The van der Waals surface area contributed by atoms with Crippen LogP contribution >= 0.6 is 11.6 Å². The second kappa shape index (κ2) is 5.26. The van der Waals surface area contributed by atoms with Gasteiger partial charge in [-0.1, -0.05) is 24.3 Å². The number of ketones is 1. The zero-order valence-corrected chi connectivity index (χ0v) is 9.11. The normalized spacial score (nSPS) is 14.7. The number of hydrogen-bond donors (Lipinski definition) is 2. The summed E-state index contributed by atoms with van der Waals surface area (Å²) in [7, 11) is 0. The Balaban J connectivity index is 2.84. The largest absolute Gasteiger partial charge is 0.389 e. The molecule has 0 aliphatic carbocycles. The van der Waals surface area contributed by atoms with E-state index in [1.54, 1.807) is 24.3 Å². The number of rotatable bonds is 4. The number of alkyl halides is 1. The molecule has 1 rings (SSSR count). The number of benzene rings is 1. The zero-order valence-electron chi connectivity index (χ0n) is 8.35. The summed E-state index contributed by atoms with van der Waals surface area (Å²) in [5, 5.41) is 18.9. The smallest absolute Gasteiger partial charge is 0.159 e. The first-order chi connectivity index (χ1) is 7.06. The molecule has 0 aliphatic heterocycles. The van der Waals surface area contributed by atoms with Gasteiger partial charge >= 0.3 is 0 Å². The second-order valence-corrected chi connectivity index (χ2v) is 3.65. The van der Waals surface area contributed by atoms with Gasteiger partial charge in [-0.05, 0) is 12.5 Å². The second-order valence-electron chi connectivity index (χ2n) is 3.34. The van der Waals surface area contributed by atoms with Gasteiger partial charge in [-0.3, -0.25) is 4.79 Å². The summed E-state index contributed by atoms with van der Waals surface area (Å²) in [6.45, 7) is 1.47. The van der Waals surface area contributed by atoms with Crippen LogP contribution in [0.4, 0.5) is 0 Å². The number of hydrogen-bond acceptors (Lipinski definition) is 3. The fraction of sp³-hybridized carbons (Fsp3) is 0.364. The zero-order chi connectivity index (χ0) is 11.4. The molecule has 2 N–H and O–H groups in total. The monoisotopic (exact) mass is 228 g/mol. The molecule has 1 aromatic carbocycles. The molecule has 2 unspecified atom stereocenters. The molecule has 0 fully saturated rings. The minimum Gasteiger partial charge on any atom is -0.389 e. The van der Waals surface area contributed by atoms with Crippen LogP contribution in [0, 0.1) is 0 Å². The topological polar surface area (TPSA) is 57.5 Å². The van der Waals surface area contributed by atoms with E-state index in [1.165, 1.54) is 6.92 Å². The van der Waals surface area contributed by atoms with Crippen LogP contribution in [-0.4, -0.2) is 28.0 Å². The minimum absolute atomic E-state index is 0.0321. The molecule has 2 atom stereocenters. The highest BCUT2D eigenvalue weighted by Crippen LogP contribution is 2.18. The molecular formula is C11H13ClO3. The summed E-state index contributed by atoms with van der Waals surface area (Å²) in [5.41, 5.74) is 1.12. The Kier molecular flexibility index (Phi) is 4.27. The average molecular weight is 229 g/mol. The van der Waals surface area contributed by atoms with Crippen molar-refractivity contribution in [2.45, 2.75) is 19.1 Å². The van der Waals surface area contributed by atoms with E-state index in [9.17, 15) is 15.0 Å². The van der Waals surface area contributed by atoms with Crippen LogP contribution in [0.1, 0.15) is 28.9 Å². The molecule has 0 saturated heterocycles. The fourth-order valence-electron chi connectivity index (χ4n) is 1.22. The van der Waals surface area contributed by atoms with Gasteiger partial charge in [0.05, 0.1) is 12.0 Å². The molecular weight excluding hydrogens is 216 g/mol. The molecule has 0 radical (unpaired) electrons. The summed E-state index contributed by atoms with van der Waals surface area (Å²) in [4.78, 5) is 11.0. The molecule has 0 heterocycles. The maximum Gasteiger partial charge on any atom is 0.159 e. The average Bonchev–Trinajstić information content (AvgIpc) is 2.27. The number of aliphatic hydroxyl groups excluding tert-OH is 2. The van der Waals surface area contributed by atoms with Crippen LogP contribution < -0.4 is 0 Å². The highest BCUT2D eigenvalue weighted by Gasteiger charge is 2.17. The van der Waals surface area contributed by atoms with Crippen molar-refractivity contribution in [1.29, 1.82) is 0 Å². The molecule has 3 nitrogen and oxygen atoms in total. The Morgan fingerprint density at radius 3 is 2.27 bits per heavy atom. The molecule has 0 amide bonds. The summed E-state index contributed by atoms with van der Waals surface area (Å²) < 4.78 is 0. The van der Waals surface area contributed by atoms with E-state index in [-0.39, 0.29) is 11.7 Å². The van der Waals surface area contributed by atoms with E-state index in [0.717, 1.165) is 0 Å². The number of Topliss-reactive ketones (excluding diaryl/α,β-unsaturated/α-hetero) is 1. The molecule has 1 aromatic rings. The quantitative estimate of drug-likeness (QED) is 0.607. The van der Waals surface area contributed by atoms with Crippen molar-refractivity contribution in [3.8, 4) is 0 Å². The van der Waals surface area contributed by atoms with E-state index in [0.29, 0.717) is 11.1 Å². The number of carbonyl (C=O) groups is 1. The van der Waals surface area contributed by atoms with Crippen molar-refractivity contribution < 1.29 is 15.0 Å². The molecule has 0 spiro atoms. The van der Waals surface area contributed by atoms with Crippen LogP contribution in [0.5, 0.6) is 0 Å². The number of aliphatic hydroxyl groups is 2. The predicted octanol–water partition coefficient (Wildman–Crippen LogP) is 1.52. The first kappa shape index (κ1) is 12.2.